The van der Waals surface area contributed by atoms with E-state index in [0.29, 0.717) is 5.84 Å². The smallest absolute Gasteiger partial charge is 0.147 e. The molecule has 6 nitrogen and oxygen atoms in total. The zero-order chi connectivity index (χ0) is 14.5. The summed E-state index contributed by atoms with van der Waals surface area (Å²) in [6.45, 7) is 0. The summed E-state index contributed by atoms with van der Waals surface area (Å²) in [6, 6.07) is 19.5. The van der Waals surface area contributed by atoms with Crippen LogP contribution in [0.5, 0.6) is 0 Å². The predicted molar refractivity (Wildman–Crippen MR) is 84.0 cm³/mol. The van der Waals surface area contributed by atoms with Crippen LogP contribution >= 0.6 is 0 Å². The molecule has 2 aromatic rings. The van der Waals surface area contributed by atoms with E-state index in [9.17, 15) is 0 Å². The molecule has 0 saturated heterocycles. The first-order valence-corrected chi connectivity index (χ1v) is 6.55. The standard InChI is InChI=1S/C15H16N6/c16-21-19-14(17-12-7-3-1-4-8-12)11-15(20-21)18-13-9-5-2-6-10-13/h1-11,17,19H,16H2,(H,18,20). The molecule has 2 aromatic carbocycles. The fourth-order valence-electron chi connectivity index (χ4n) is 1.92. The number of hydrazine groups is 3. The van der Waals surface area contributed by atoms with Gasteiger partial charge in [-0.15, -0.1) is 0 Å². The van der Waals surface area contributed by atoms with Crippen molar-refractivity contribution in [3.8, 4) is 0 Å². The first kappa shape index (κ1) is 13.2. The maximum Gasteiger partial charge on any atom is 0.147 e. The lowest BCUT2D eigenvalue weighted by Gasteiger charge is -2.27. The minimum absolute atomic E-state index is 0.640. The van der Waals surface area contributed by atoms with Crippen LogP contribution in [0.15, 0.2) is 77.6 Å². The largest absolute Gasteiger partial charge is 0.341 e. The normalized spacial score (nSPS) is 16.8. The Labute approximate surface area is 122 Å². The van der Waals surface area contributed by atoms with Crippen molar-refractivity contribution in [3.63, 3.8) is 0 Å². The molecule has 0 saturated carbocycles. The molecule has 3 rings (SSSR count). The third-order valence-corrected chi connectivity index (χ3v) is 2.82. The van der Waals surface area contributed by atoms with Crippen molar-refractivity contribution in [3.05, 3.63) is 72.6 Å². The third-order valence-electron chi connectivity index (χ3n) is 2.82. The Bertz CT molecular complexity index is 650. The molecule has 0 aromatic heterocycles. The number of hydrogen-bond donors (Lipinski definition) is 4. The van der Waals surface area contributed by atoms with Crippen LogP contribution in [-0.2, 0) is 0 Å². The van der Waals surface area contributed by atoms with Crippen LogP contribution in [0.4, 0.5) is 11.4 Å². The van der Waals surface area contributed by atoms with Gasteiger partial charge in [0.25, 0.3) is 0 Å². The van der Waals surface area contributed by atoms with E-state index in [-0.39, 0.29) is 0 Å². The number of anilines is 1. The van der Waals surface area contributed by atoms with Crippen LogP contribution in [0, 0.1) is 0 Å². The highest BCUT2D eigenvalue weighted by atomic mass is 15.9. The van der Waals surface area contributed by atoms with E-state index in [1.165, 1.54) is 5.23 Å². The second-order valence-electron chi connectivity index (χ2n) is 4.48. The topological polar surface area (TPSA) is 77.7 Å². The van der Waals surface area contributed by atoms with E-state index in [1.54, 1.807) is 0 Å². The van der Waals surface area contributed by atoms with Gasteiger partial charge in [0.15, 0.2) is 0 Å². The Balaban J connectivity index is 1.82. The quantitative estimate of drug-likeness (QED) is 0.646. The van der Waals surface area contributed by atoms with Gasteiger partial charge in [0, 0.05) is 11.8 Å². The van der Waals surface area contributed by atoms with E-state index in [4.69, 9.17) is 5.84 Å². The van der Waals surface area contributed by atoms with Gasteiger partial charge in [-0.2, -0.15) is 0 Å². The SMILES string of the molecule is NN1NC(Nc2ccccc2)=CC(=Nc2ccccc2)N1. The number of aliphatic imine (C=N–C) groups is 1. The molecule has 1 aliphatic rings. The summed E-state index contributed by atoms with van der Waals surface area (Å²) in [5.41, 5.74) is 7.68. The molecular weight excluding hydrogens is 264 g/mol. The summed E-state index contributed by atoms with van der Waals surface area (Å²) in [4.78, 5) is 4.49. The van der Waals surface area contributed by atoms with Gasteiger partial charge in [-0.1, -0.05) is 41.6 Å². The Hall–Kier alpha value is -2.83. The molecule has 0 aliphatic carbocycles. The second-order valence-corrected chi connectivity index (χ2v) is 4.48. The number of benzene rings is 2. The Morgan fingerprint density at radius 2 is 1.57 bits per heavy atom. The lowest BCUT2D eigenvalue weighted by atomic mass is 10.3. The summed E-state index contributed by atoms with van der Waals surface area (Å²) >= 11 is 0. The van der Waals surface area contributed by atoms with Crippen molar-refractivity contribution >= 4 is 17.2 Å². The Morgan fingerprint density at radius 3 is 2.29 bits per heavy atom. The zero-order valence-corrected chi connectivity index (χ0v) is 11.3. The zero-order valence-electron chi connectivity index (χ0n) is 11.3. The molecule has 1 aliphatic heterocycles. The summed E-state index contributed by atoms with van der Waals surface area (Å²) < 4.78 is 0. The summed E-state index contributed by atoms with van der Waals surface area (Å²) in [5, 5.41) is 4.49. The number of para-hydroxylation sites is 2. The highest BCUT2D eigenvalue weighted by Gasteiger charge is 2.12. The first-order valence-electron chi connectivity index (χ1n) is 6.55. The number of hydrogen-bond acceptors (Lipinski definition) is 5. The Morgan fingerprint density at radius 1 is 0.905 bits per heavy atom. The van der Waals surface area contributed by atoms with E-state index in [0.717, 1.165) is 17.2 Å². The molecule has 0 spiro atoms. The average Bonchev–Trinajstić information content (AvgIpc) is 2.48. The fourth-order valence-corrected chi connectivity index (χ4v) is 1.92. The van der Waals surface area contributed by atoms with Gasteiger partial charge >= 0.3 is 0 Å². The maximum absolute atomic E-state index is 5.77. The predicted octanol–water partition coefficient (Wildman–Crippen LogP) is 1.87. The summed E-state index contributed by atoms with van der Waals surface area (Å²) in [7, 11) is 0. The molecule has 1 heterocycles. The minimum Gasteiger partial charge on any atom is -0.341 e. The lowest BCUT2D eigenvalue weighted by Crippen LogP contribution is -2.58. The molecule has 5 N–H and O–H groups in total. The second kappa shape index (κ2) is 6.08. The number of nitrogens with two attached hydrogens (primary N) is 1. The minimum atomic E-state index is 0.640. The first-order chi connectivity index (χ1) is 10.3. The fraction of sp³-hybridized carbons (Fsp3) is 0. The van der Waals surface area contributed by atoms with E-state index >= 15 is 0 Å². The van der Waals surface area contributed by atoms with Crippen LogP contribution in [-0.4, -0.2) is 11.1 Å². The van der Waals surface area contributed by atoms with Crippen molar-refractivity contribution in [2.75, 3.05) is 5.32 Å². The van der Waals surface area contributed by atoms with Gasteiger partial charge in [0.1, 0.15) is 11.7 Å². The molecule has 0 unspecified atom stereocenters. The van der Waals surface area contributed by atoms with E-state index in [2.05, 4.69) is 21.2 Å². The van der Waals surface area contributed by atoms with E-state index in [1.807, 2.05) is 66.7 Å². The van der Waals surface area contributed by atoms with Crippen molar-refractivity contribution in [2.45, 2.75) is 0 Å². The highest BCUT2D eigenvalue weighted by Crippen LogP contribution is 2.12. The van der Waals surface area contributed by atoms with Crippen LogP contribution in [0.3, 0.4) is 0 Å². The molecular formula is C15H16N6. The lowest BCUT2D eigenvalue weighted by molar-refractivity contribution is 0.174. The van der Waals surface area contributed by atoms with Gasteiger partial charge < -0.3 is 5.32 Å². The highest BCUT2D eigenvalue weighted by molar-refractivity contribution is 5.95. The Kier molecular flexibility index (Phi) is 3.81. The number of rotatable bonds is 3. The molecule has 21 heavy (non-hydrogen) atoms. The molecule has 0 fully saturated rings. The number of nitrogens with zero attached hydrogens (tertiary/aromatic N) is 2. The number of amidine groups is 1. The van der Waals surface area contributed by atoms with Crippen LogP contribution in [0.25, 0.3) is 0 Å². The molecule has 0 atom stereocenters. The van der Waals surface area contributed by atoms with E-state index < -0.39 is 0 Å². The van der Waals surface area contributed by atoms with Crippen molar-refractivity contribution in [1.29, 1.82) is 0 Å². The van der Waals surface area contributed by atoms with Gasteiger partial charge in [-0.3, -0.25) is 10.9 Å². The van der Waals surface area contributed by atoms with Gasteiger partial charge in [0.2, 0.25) is 0 Å². The average molecular weight is 280 g/mol. The maximum atomic E-state index is 5.77. The van der Waals surface area contributed by atoms with Crippen LogP contribution in [0.1, 0.15) is 0 Å². The summed E-state index contributed by atoms with van der Waals surface area (Å²) in [5.74, 6) is 7.15. The van der Waals surface area contributed by atoms with Crippen molar-refractivity contribution < 1.29 is 0 Å². The van der Waals surface area contributed by atoms with Crippen molar-refractivity contribution in [2.24, 2.45) is 10.8 Å². The van der Waals surface area contributed by atoms with Crippen LogP contribution in [0.2, 0.25) is 0 Å². The van der Waals surface area contributed by atoms with Gasteiger partial charge in [-0.25, -0.2) is 10.8 Å². The number of nitrogens with one attached hydrogen (secondary N) is 3. The van der Waals surface area contributed by atoms with Gasteiger partial charge in [-0.05, 0) is 24.3 Å². The molecule has 6 heteroatoms. The molecule has 0 bridgehead atoms. The van der Waals surface area contributed by atoms with Gasteiger partial charge in [0.05, 0.1) is 5.69 Å². The molecule has 106 valence electrons. The molecule has 0 radical (unpaired) electrons. The van der Waals surface area contributed by atoms with Crippen LogP contribution < -0.4 is 22.0 Å². The third kappa shape index (κ3) is 3.59. The van der Waals surface area contributed by atoms with Crippen molar-refractivity contribution in [1.82, 2.24) is 16.1 Å². The summed E-state index contributed by atoms with van der Waals surface area (Å²) in [6.07, 6.45) is 1.85. The monoisotopic (exact) mass is 280 g/mol. The molecule has 0 amide bonds.